The Hall–Kier alpha value is -0.840. The van der Waals surface area contributed by atoms with E-state index in [0.29, 0.717) is 5.11 Å². The molecule has 0 aliphatic carbocycles. The maximum atomic E-state index is 5.19. The Morgan fingerprint density at radius 1 is 1.19 bits per heavy atom. The molecule has 0 aromatic carbocycles. The first-order chi connectivity index (χ1) is 7.52. The van der Waals surface area contributed by atoms with E-state index in [-0.39, 0.29) is 5.96 Å². The molecule has 0 rings (SSSR count). The van der Waals surface area contributed by atoms with E-state index < -0.39 is 0 Å². The molecule has 0 atom stereocenters. The summed E-state index contributed by atoms with van der Waals surface area (Å²) in [5.74, 6) is 0.821. The number of unbranched alkanes of at least 4 members (excludes halogenated alkanes) is 3. The highest BCUT2D eigenvalue weighted by Crippen LogP contribution is 2.08. The second kappa shape index (κ2) is 9.39. The van der Waals surface area contributed by atoms with Gasteiger partial charge in [0.15, 0.2) is 11.1 Å². The summed E-state index contributed by atoms with van der Waals surface area (Å²) in [6.45, 7) is 5.36. The lowest BCUT2D eigenvalue weighted by Gasteiger charge is -2.05. The molecule has 0 saturated heterocycles. The predicted molar refractivity (Wildman–Crippen MR) is 74.3 cm³/mol. The van der Waals surface area contributed by atoms with Crippen LogP contribution in [0.25, 0.3) is 0 Å². The molecule has 94 valence electrons. The predicted octanol–water partition coefficient (Wildman–Crippen LogP) is 1.74. The Bertz CT molecular complexity index is 222. The summed E-state index contributed by atoms with van der Waals surface area (Å²) in [5, 5.41) is 3.37. The molecular formula is C11H24N4S. The summed E-state index contributed by atoms with van der Waals surface area (Å²) in [6, 6.07) is 0. The number of nitrogens with zero attached hydrogens (tertiary/aromatic N) is 1. The molecule has 5 N–H and O–H groups in total. The summed E-state index contributed by atoms with van der Waals surface area (Å²) in [5.41, 5.74) is 10.4. The van der Waals surface area contributed by atoms with Gasteiger partial charge >= 0.3 is 0 Å². The highest BCUT2D eigenvalue weighted by molar-refractivity contribution is 7.80. The molecule has 16 heavy (non-hydrogen) atoms. The largest absolute Gasteiger partial charge is 0.370 e. The zero-order valence-corrected chi connectivity index (χ0v) is 11.1. The molecule has 0 amide bonds. The minimum atomic E-state index is 0.00873. The Balaban J connectivity index is 3.27. The number of hydrogen-bond donors (Lipinski definition) is 3. The van der Waals surface area contributed by atoms with Crippen LogP contribution in [-0.2, 0) is 0 Å². The number of nitrogens with one attached hydrogen (secondary N) is 1. The van der Waals surface area contributed by atoms with Gasteiger partial charge in [0.05, 0.1) is 0 Å². The van der Waals surface area contributed by atoms with Gasteiger partial charge in [0.2, 0.25) is 0 Å². The molecule has 0 fully saturated rings. The smallest absolute Gasteiger partial charge is 0.196 e. The van der Waals surface area contributed by atoms with E-state index in [0.717, 1.165) is 18.9 Å². The highest BCUT2D eigenvalue weighted by Gasteiger charge is 1.95. The van der Waals surface area contributed by atoms with Gasteiger partial charge in [0.25, 0.3) is 0 Å². The fraction of sp³-hybridized carbons (Fsp3) is 0.818. The molecule has 0 aliphatic rings. The number of aliphatic imine (C=N–C) groups is 1. The quantitative estimate of drug-likeness (QED) is 0.276. The number of guanidine groups is 1. The number of nitrogens with two attached hydrogens (primary N) is 2. The van der Waals surface area contributed by atoms with Gasteiger partial charge in [0, 0.05) is 6.54 Å². The van der Waals surface area contributed by atoms with Gasteiger partial charge in [-0.1, -0.05) is 39.5 Å². The van der Waals surface area contributed by atoms with Crippen LogP contribution in [-0.4, -0.2) is 17.6 Å². The van der Waals surface area contributed by atoms with Crippen LogP contribution in [0.4, 0.5) is 0 Å². The van der Waals surface area contributed by atoms with Crippen molar-refractivity contribution < 1.29 is 0 Å². The van der Waals surface area contributed by atoms with E-state index >= 15 is 0 Å². The molecule has 0 aliphatic heterocycles. The van der Waals surface area contributed by atoms with Gasteiger partial charge in [-0.15, -0.1) is 0 Å². The van der Waals surface area contributed by atoms with Crippen LogP contribution in [0.1, 0.15) is 46.0 Å². The molecule has 0 saturated carbocycles. The fourth-order valence-electron chi connectivity index (χ4n) is 1.38. The maximum Gasteiger partial charge on any atom is 0.196 e. The number of thiocarbonyl (C=S) groups is 1. The maximum absolute atomic E-state index is 5.19. The summed E-state index contributed by atoms with van der Waals surface area (Å²) in [6.07, 6.45) is 6.26. The zero-order chi connectivity index (χ0) is 12.4. The first-order valence-corrected chi connectivity index (χ1v) is 6.30. The van der Waals surface area contributed by atoms with Gasteiger partial charge in [-0.25, -0.2) is 0 Å². The van der Waals surface area contributed by atoms with Crippen molar-refractivity contribution in [3.8, 4) is 0 Å². The van der Waals surface area contributed by atoms with Crippen LogP contribution in [0.3, 0.4) is 0 Å². The van der Waals surface area contributed by atoms with E-state index in [4.69, 9.17) is 23.7 Å². The van der Waals surface area contributed by atoms with E-state index in [9.17, 15) is 0 Å². The van der Waals surface area contributed by atoms with Crippen molar-refractivity contribution in [2.45, 2.75) is 46.0 Å². The van der Waals surface area contributed by atoms with Crippen molar-refractivity contribution in [1.82, 2.24) is 5.32 Å². The van der Waals surface area contributed by atoms with Crippen molar-refractivity contribution in [2.24, 2.45) is 22.4 Å². The molecule has 0 heterocycles. The Morgan fingerprint density at radius 2 is 1.81 bits per heavy atom. The van der Waals surface area contributed by atoms with Gasteiger partial charge in [0.1, 0.15) is 0 Å². The van der Waals surface area contributed by atoms with Gasteiger partial charge in [-0.3, -0.25) is 0 Å². The van der Waals surface area contributed by atoms with Gasteiger partial charge in [-0.05, 0) is 24.6 Å². The van der Waals surface area contributed by atoms with Crippen molar-refractivity contribution in [3.05, 3.63) is 0 Å². The minimum absolute atomic E-state index is 0.00873. The average Bonchev–Trinajstić information content (AvgIpc) is 2.14. The first-order valence-electron chi connectivity index (χ1n) is 5.90. The van der Waals surface area contributed by atoms with Crippen molar-refractivity contribution >= 4 is 23.3 Å². The fourth-order valence-corrected chi connectivity index (χ4v) is 1.59. The molecule has 0 spiro atoms. The van der Waals surface area contributed by atoms with Crippen LogP contribution < -0.4 is 16.8 Å². The molecule has 0 unspecified atom stereocenters. The molecule has 0 bridgehead atoms. The van der Waals surface area contributed by atoms with Crippen LogP contribution in [0.5, 0.6) is 0 Å². The Kier molecular flexibility index (Phi) is 8.90. The van der Waals surface area contributed by atoms with Crippen LogP contribution in [0.2, 0.25) is 0 Å². The molecule has 0 aromatic rings. The molecule has 5 heteroatoms. The van der Waals surface area contributed by atoms with Gasteiger partial charge < -0.3 is 16.8 Å². The zero-order valence-electron chi connectivity index (χ0n) is 10.3. The molecule has 0 aromatic heterocycles. The summed E-state index contributed by atoms with van der Waals surface area (Å²) in [4.78, 5) is 3.73. The van der Waals surface area contributed by atoms with Crippen LogP contribution in [0, 0.1) is 5.92 Å². The number of hydrogen-bond acceptors (Lipinski definition) is 1. The molecular weight excluding hydrogens is 220 g/mol. The third kappa shape index (κ3) is 11.2. The van der Waals surface area contributed by atoms with E-state index in [1.807, 2.05) is 0 Å². The second-order valence-corrected chi connectivity index (χ2v) is 4.75. The van der Waals surface area contributed by atoms with Crippen LogP contribution >= 0.6 is 12.2 Å². The Morgan fingerprint density at radius 3 is 2.38 bits per heavy atom. The third-order valence-electron chi connectivity index (χ3n) is 2.22. The monoisotopic (exact) mass is 244 g/mol. The highest BCUT2D eigenvalue weighted by atomic mass is 32.1. The minimum Gasteiger partial charge on any atom is -0.370 e. The molecule has 0 radical (unpaired) electrons. The standard InChI is InChI=1S/C11H24N4S/c1-9(2)7-5-3-4-6-8-14-11(16)15-10(12)13/h9H,3-8H2,1-2H3,(H5,12,13,14,15,16). The summed E-state index contributed by atoms with van der Waals surface area (Å²) >= 11 is 4.91. The van der Waals surface area contributed by atoms with Crippen molar-refractivity contribution in [1.29, 1.82) is 0 Å². The van der Waals surface area contributed by atoms with Crippen molar-refractivity contribution in [3.63, 3.8) is 0 Å². The number of rotatable bonds is 7. The molecule has 4 nitrogen and oxygen atoms in total. The first kappa shape index (κ1) is 15.2. The lowest BCUT2D eigenvalue weighted by atomic mass is 10.0. The van der Waals surface area contributed by atoms with E-state index in [1.54, 1.807) is 0 Å². The summed E-state index contributed by atoms with van der Waals surface area (Å²) in [7, 11) is 0. The van der Waals surface area contributed by atoms with Crippen molar-refractivity contribution in [2.75, 3.05) is 6.54 Å². The van der Waals surface area contributed by atoms with E-state index in [2.05, 4.69) is 24.2 Å². The lowest BCUT2D eigenvalue weighted by Crippen LogP contribution is -2.28. The topological polar surface area (TPSA) is 76.4 Å². The normalized spacial score (nSPS) is 10.2. The average molecular weight is 244 g/mol. The lowest BCUT2D eigenvalue weighted by molar-refractivity contribution is 0.519. The third-order valence-corrected chi connectivity index (χ3v) is 2.45. The summed E-state index contributed by atoms with van der Waals surface area (Å²) < 4.78 is 0. The second-order valence-electron chi connectivity index (χ2n) is 4.37. The van der Waals surface area contributed by atoms with Gasteiger partial charge in [-0.2, -0.15) is 4.99 Å². The Labute approximate surface area is 104 Å². The van der Waals surface area contributed by atoms with Crippen LogP contribution in [0.15, 0.2) is 4.99 Å². The van der Waals surface area contributed by atoms with E-state index in [1.165, 1.54) is 25.7 Å². The SMILES string of the molecule is CC(C)CCCCCCNC(=S)N=C(N)N.